The molecule has 3 rings (SSSR count). The second-order valence-electron chi connectivity index (χ2n) is 8.69. The van der Waals surface area contributed by atoms with Crippen LogP contribution >= 0.6 is 0 Å². The molecule has 0 fully saturated rings. The zero-order chi connectivity index (χ0) is 24.8. The van der Waals surface area contributed by atoms with Crippen molar-refractivity contribution in [1.29, 1.82) is 0 Å². The lowest BCUT2D eigenvalue weighted by atomic mass is 10.0. The molecule has 2 aromatic rings. The number of carbonyl (C=O) groups excluding carboxylic acids is 3. The number of aromatic nitrogens is 1. The predicted octanol–water partition coefficient (Wildman–Crippen LogP) is 2.69. The van der Waals surface area contributed by atoms with Gasteiger partial charge in [0.1, 0.15) is 12.4 Å². The van der Waals surface area contributed by atoms with Crippen LogP contribution in [0.4, 0.5) is 5.69 Å². The van der Waals surface area contributed by atoms with Crippen LogP contribution in [0.15, 0.2) is 42.7 Å². The van der Waals surface area contributed by atoms with E-state index in [1.54, 1.807) is 66.7 Å². The molecule has 1 aromatic carbocycles. The van der Waals surface area contributed by atoms with Gasteiger partial charge < -0.3 is 24.6 Å². The van der Waals surface area contributed by atoms with Crippen molar-refractivity contribution in [3.8, 4) is 5.75 Å². The molecule has 1 aliphatic heterocycles. The van der Waals surface area contributed by atoms with Crippen molar-refractivity contribution < 1.29 is 23.9 Å². The van der Waals surface area contributed by atoms with Gasteiger partial charge in [-0.1, -0.05) is 6.92 Å². The maximum absolute atomic E-state index is 13.4. The number of likely N-dealkylation sites (N-methyl/N-ethyl adjacent to an activating group) is 1. The molecule has 0 aliphatic carbocycles. The van der Waals surface area contributed by atoms with Gasteiger partial charge in [-0.3, -0.25) is 19.4 Å². The summed E-state index contributed by atoms with van der Waals surface area (Å²) in [5, 5.41) is 2.70. The second kappa shape index (κ2) is 11.1. The summed E-state index contributed by atoms with van der Waals surface area (Å²) in [6.07, 6.45) is 2.88. The van der Waals surface area contributed by atoms with E-state index < -0.39 is 0 Å². The van der Waals surface area contributed by atoms with Gasteiger partial charge in [0.05, 0.1) is 23.3 Å². The van der Waals surface area contributed by atoms with Crippen molar-refractivity contribution in [2.24, 2.45) is 5.92 Å². The van der Waals surface area contributed by atoms with Crippen LogP contribution in [0.2, 0.25) is 0 Å². The monoisotopic (exact) mass is 468 g/mol. The SMILES string of the molecule is CO[C@@H]1CN(C)C(=O)c2cc(NC(C)=O)ccc2OC[C@H](C)N(C(=O)c2cccnc2)C[C@H]1C. The van der Waals surface area contributed by atoms with Crippen LogP contribution in [0, 0.1) is 5.92 Å². The number of pyridine rings is 1. The van der Waals surface area contributed by atoms with Crippen molar-refractivity contribution in [1.82, 2.24) is 14.8 Å². The van der Waals surface area contributed by atoms with Gasteiger partial charge in [-0.05, 0) is 37.3 Å². The quantitative estimate of drug-likeness (QED) is 0.743. The first-order chi connectivity index (χ1) is 16.2. The highest BCUT2D eigenvalue weighted by Crippen LogP contribution is 2.26. The average Bonchev–Trinajstić information content (AvgIpc) is 2.83. The van der Waals surface area contributed by atoms with Crippen LogP contribution in [-0.2, 0) is 9.53 Å². The second-order valence-corrected chi connectivity index (χ2v) is 8.69. The summed E-state index contributed by atoms with van der Waals surface area (Å²) in [6.45, 7) is 6.24. The van der Waals surface area contributed by atoms with Gasteiger partial charge in [0.2, 0.25) is 5.91 Å². The average molecular weight is 469 g/mol. The molecule has 2 heterocycles. The summed E-state index contributed by atoms with van der Waals surface area (Å²) in [6, 6.07) is 8.13. The highest BCUT2D eigenvalue weighted by molar-refractivity contribution is 5.99. The van der Waals surface area contributed by atoms with Crippen LogP contribution in [0.3, 0.4) is 0 Å². The molecule has 9 nitrogen and oxygen atoms in total. The molecule has 1 aromatic heterocycles. The highest BCUT2D eigenvalue weighted by atomic mass is 16.5. The molecule has 9 heteroatoms. The van der Waals surface area contributed by atoms with Gasteiger partial charge in [0.25, 0.3) is 11.8 Å². The summed E-state index contributed by atoms with van der Waals surface area (Å²) < 4.78 is 11.8. The molecular weight excluding hydrogens is 436 g/mol. The first-order valence-electron chi connectivity index (χ1n) is 11.2. The first-order valence-corrected chi connectivity index (χ1v) is 11.2. The third-order valence-corrected chi connectivity index (χ3v) is 5.93. The third-order valence-electron chi connectivity index (χ3n) is 5.93. The summed E-state index contributed by atoms with van der Waals surface area (Å²) in [4.78, 5) is 45.6. The number of nitrogens with one attached hydrogen (secondary N) is 1. The lowest BCUT2D eigenvalue weighted by Gasteiger charge is -2.36. The number of fused-ring (bicyclic) bond motifs is 1. The number of amides is 3. The fourth-order valence-corrected chi connectivity index (χ4v) is 4.00. The van der Waals surface area contributed by atoms with Crippen molar-refractivity contribution in [3.05, 3.63) is 53.9 Å². The molecule has 0 unspecified atom stereocenters. The Bertz CT molecular complexity index is 1030. The van der Waals surface area contributed by atoms with Crippen LogP contribution in [-0.4, -0.2) is 78.5 Å². The van der Waals surface area contributed by atoms with Crippen LogP contribution in [0.25, 0.3) is 0 Å². The molecule has 34 heavy (non-hydrogen) atoms. The van der Waals surface area contributed by atoms with Gasteiger partial charge in [-0.15, -0.1) is 0 Å². The molecule has 0 radical (unpaired) electrons. The minimum Gasteiger partial charge on any atom is -0.491 e. The maximum Gasteiger partial charge on any atom is 0.257 e. The molecule has 0 bridgehead atoms. The molecule has 182 valence electrons. The number of ether oxygens (including phenoxy) is 2. The van der Waals surface area contributed by atoms with E-state index in [2.05, 4.69) is 10.3 Å². The van der Waals surface area contributed by atoms with E-state index in [0.717, 1.165) is 0 Å². The van der Waals surface area contributed by atoms with E-state index in [4.69, 9.17) is 9.47 Å². The zero-order valence-electron chi connectivity index (χ0n) is 20.3. The smallest absolute Gasteiger partial charge is 0.257 e. The molecule has 0 spiro atoms. The van der Waals surface area contributed by atoms with Gasteiger partial charge in [0, 0.05) is 58.2 Å². The summed E-state index contributed by atoms with van der Waals surface area (Å²) in [5.41, 5.74) is 1.33. The first kappa shape index (κ1) is 25.2. The topological polar surface area (TPSA) is 101 Å². The van der Waals surface area contributed by atoms with E-state index in [1.165, 1.54) is 6.92 Å². The van der Waals surface area contributed by atoms with Crippen LogP contribution in [0.5, 0.6) is 5.75 Å². The normalized spacial score (nSPS) is 21.6. The van der Waals surface area contributed by atoms with Gasteiger partial charge >= 0.3 is 0 Å². The lowest BCUT2D eigenvalue weighted by Crippen LogP contribution is -2.48. The van der Waals surface area contributed by atoms with Crippen molar-refractivity contribution >= 4 is 23.4 Å². The molecule has 1 N–H and O–H groups in total. The van der Waals surface area contributed by atoms with Crippen LogP contribution in [0.1, 0.15) is 41.5 Å². The Morgan fingerprint density at radius 1 is 1.21 bits per heavy atom. The summed E-state index contributed by atoms with van der Waals surface area (Å²) >= 11 is 0. The standard InChI is InChI=1S/C25H32N4O5/c1-16-13-29(24(31)19-7-6-10-26-12-19)17(2)15-34-22-9-8-20(27-18(3)30)11-21(22)25(32)28(4)14-23(16)33-5/h6-12,16-17,23H,13-15H2,1-5H3,(H,27,30)/t16-,17+,23-/m1/s1. The van der Waals surface area contributed by atoms with Crippen molar-refractivity contribution in [2.75, 3.05) is 39.2 Å². The Balaban J connectivity index is 1.99. The third kappa shape index (κ3) is 5.91. The van der Waals surface area contributed by atoms with Gasteiger partial charge in [-0.25, -0.2) is 0 Å². The fourth-order valence-electron chi connectivity index (χ4n) is 4.00. The van der Waals surface area contributed by atoms with Gasteiger partial charge in [-0.2, -0.15) is 0 Å². The summed E-state index contributed by atoms with van der Waals surface area (Å²) in [7, 11) is 3.30. The predicted molar refractivity (Wildman–Crippen MR) is 128 cm³/mol. The molecule has 3 atom stereocenters. The molecule has 0 saturated heterocycles. The molecule has 1 aliphatic rings. The Hall–Kier alpha value is -3.46. The number of carbonyl (C=O) groups is 3. The van der Waals surface area contributed by atoms with E-state index in [-0.39, 0.29) is 42.4 Å². The number of rotatable bonds is 3. The lowest BCUT2D eigenvalue weighted by molar-refractivity contribution is -0.114. The fraction of sp³-hybridized carbons (Fsp3) is 0.440. The van der Waals surface area contributed by atoms with Crippen LogP contribution < -0.4 is 10.1 Å². The highest BCUT2D eigenvalue weighted by Gasteiger charge is 2.31. The minimum atomic E-state index is -0.298. The molecular formula is C25H32N4O5. The van der Waals surface area contributed by atoms with Crippen molar-refractivity contribution in [2.45, 2.75) is 32.9 Å². The number of benzene rings is 1. The zero-order valence-corrected chi connectivity index (χ0v) is 20.3. The van der Waals surface area contributed by atoms with E-state index >= 15 is 0 Å². The Morgan fingerprint density at radius 2 is 1.97 bits per heavy atom. The number of methoxy groups -OCH3 is 1. The van der Waals surface area contributed by atoms with Crippen molar-refractivity contribution in [3.63, 3.8) is 0 Å². The van der Waals surface area contributed by atoms with E-state index in [9.17, 15) is 14.4 Å². The number of nitrogens with zero attached hydrogens (tertiary/aromatic N) is 3. The number of hydrogen-bond donors (Lipinski definition) is 1. The largest absolute Gasteiger partial charge is 0.491 e. The van der Waals surface area contributed by atoms with E-state index in [1.807, 2.05) is 13.8 Å². The Morgan fingerprint density at radius 3 is 2.62 bits per heavy atom. The molecule has 0 saturated carbocycles. The minimum absolute atomic E-state index is 0.0621. The Labute approximate surface area is 200 Å². The number of anilines is 1. The summed E-state index contributed by atoms with van der Waals surface area (Å²) in [5.74, 6) is -0.301. The van der Waals surface area contributed by atoms with Gasteiger partial charge in [0.15, 0.2) is 0 Å². The Kier molecular flexibility index (Phi) is 8.22. The molecule has 3 amide bonds. The van der Waals surface area contributed by atoms with E-state index in [0.29, 0.717) is 35.7 Å². The maximum atomic E-state index is 13.4. The number of hydrogen-bond acceptors (Lipinski definition) is 6.